The standard InChI is InChI=1S/C14H21NO3/c1-16-7-8-18-13-6-4-10-3-5-11(17-2)9-12(10)14(13)15/h3,5,9,13-14H,4,6-8,15H2,1-2H3/t13-,14-/m1/s1. The third kappa shape index (κ3) is 2.83. The summed E-state index contributed by atoms with van der Waals surface area (Å²) in [7, 11) is 3.34. The smallest absolute Gasteiger partial charge is 0.119 e. The molecule has 0 saturated heterocycles. The molecule has 4 heteroatoms. The lowest BCUT2D eigenvalue weighted by Gasteiger charge is -2.31. The van der Waals surface area contributed by atoms with E-state index in [0.29, 0.717) is 13.2 Å². The van der Waals surface area contributed by atoms with Crippen LogP contribution in [0.3, 0.4) is 0 Å². The molecule has 0 unspecified atom stereocenters. The monoisotopic (exact) mass is 251 g/mol. The van der Waals surface area contributed by atoms with Crippen LogP contribution in [0, 0.1) is 0 Å². The molecule has 1 aliphatic rings. The van der Waals surface area contributed by atoms with Crippen molar-refractivity contribution in [3.8, 4) is 5.75 Å². The fraction of sp³-hybridized carbons (Fsp3) is 0.571. The highest BCUT2D eigenvalue weighted by molar-refractivity contribution is 5.39. The van der Waals surface area contributed by atoms with Gasteiger partial charge in [0.05, 0.1) is 32.5 Å². The van der Waals surface area contributed by atoms with E-state index < -0.39 is 0 Å². The van der Waals surface area contributed by atoms with Crippen LogP contribution in [0.4, 0.5) is 0 Å². The van der Waals surface area contributed by atoms with Gasteiger partial charge in [0.1, 0.15) is 5.75 Å². The van der Waals surface area contributed by atoms with Crippen LogP contribution in [0.1, 0.15) is 23.6 Å². The second-order valence-electron chi connectivity index (χ2n) is 4.53. The minimum absolute atomic E-state index is 0.0692. The van der Waals surface area contributed by atoms with Crippen LogP contribution in [-0.4, -0.2) is 33.5 Å². The average Bonchev–Trinajstić information content (AvgIpc) is 2.41. The third-order valence-corrected chi connectivity index (χ3v) is 3.43. The van der Waals surface area contributed by atoms with Gasteiger partial charge in [-0.15, -0.1) is 0 Å². The summed E-state index contributed by atoms with van der Waals surface area (Å²) in [6.45, 7) is 1.20. The van der Waals surface area contributed by atoms with Gasteiger partial charge in [-0.25, -0.2) is 0 Å². The first-order chi connectivity index (χ1) is 8.76. The Bertz CT molecular complexity index is 395. The fourth-order valence-electron chi connectivity index (χ4n) is 2.39. The molecule has 100 valence electrons. The maximum absolute atomic E-state index is 6.28. The van der Waals surface area contributed by atoms with E-state index in [1.807, 2.05) is 12.1 Å². The normalized spacial score (nSPS) is 22.6. The minimum Gasteiger partial charge on any atom is -0.497 e. The molecule has 0 fully saturated rings. The molecular weight excluding hydrogens is 230 g/mol. The highest BCUT2D eigenvalue weighted by Crippen LogP contribution is 2.32. The van der Waals surface area contributed by atoms with Crippen LogP contribution in [0.15, 0.2) is 18.2 Å². The van der Waals surface area contributed by atoms with Crippen LogP contribution in [0.5, 0.6) is 5.75 Å². The minimum atomic E-state index is -0.0827. The van der Waals surface area contributed by atoms with Gasteiger partial charge in [-0.2, -0.15) is 0 Å². The summed E-state index contributed by atoms with van der Waals surface area (Å²) in [6, 6.07) is 6.02. The summed E-state index contributed by atoms with van der Waals surface area (Å²) in [4.78, 5) is 0. The Balaban J connectivity index is 2.08. The zero-order valence-electron chi connectivity index (χ0n) is 11.0. The highest BCUT2D eigenvalue weighted by atomic mass is 16.5. The molecule has 0 amide bonds. The number of aryl methyl sites for hydroxylation is 1. The zero-order chi connectivity index (χ0) is 13.0. The van der Waals surface area contributed by atoms with E-state index in [-0.39, 0.29) is 12.1 Å². The van der Waals surface area contributed by atoms with Crippen LogP contribution in [0.2, 0.25) is 0 Å². The van der Waals surface area contributed by atoms with Crippen LogP contribution >= 0.6 is 0 Å². The van der Waals surface area contributed by atoms with E-state index in [4.69, 9.17) is 19.9 Å². The first-order valence-corrected chi connectivity index (χ1v) is 6.29. The summed E-state index contributed by atoms with van der Waals surface area (Å²) in [6.07, 6.45) is 2.04. The number of nitrogens with two attached hydrogens (primary N) is 1. The molecule has 4 nitrogen and oxygen atoms in total. The van der Waals surface area contributed by atoms with Gasteiger partial charge in [0.2, 0.25) is 0 Å². The summed E-state index contributed by atoms with van der Waals surface area (Å²) >= 11 is 0. The number of fused-ring (bicyclic) bond motifs is 1. The number of hydrogen-bond acceptors (Lipinski definition) is 4. The quantitative estimate of drug-likeness (QED) is 0.809. The molecule has 2 atom stereocenters. The van der Waals surface area contributed by atoms with Gasteiger partial charge >= 0.3 is 0 Å². The van der Waals surface area contributed by atoms with Crippen molar-refractivity contribution in [3.63, 3.8) is 0 Å². The molecule has 0 heterocycles. The molecule has 18 heavy (non-hydrogen) atoms. The first kappa shape index (κ1) is 13.3. The molecule has 1 aromatic carbocycles. The Hall–Kier alpha value is -1.10. The van der Waals surface area contributed by atoms with Gasteiger partial charge in [-0.3, -0.25) is 0 Å². The summed E-state index contributed by atoms with van der Waals surface area (Å²) in [5.74, 6) is 0.849. The molecule has 1 aliphatic carbocycles. The molecule has 0 spiro atoms. The molecule has 0 aliphatic heterocycles. The van der Waals surface area contributed by atoms with Crippen LogP contribution < -0.4 is 10.5 Å². The van der Waals surface area contributed by atoms with Gasteiger partial charge in [-0.1, -0.05) is 6.07 Å². The number of benzene rings is 1. The van der Waals surface area contributed by atoms with Gasteiger partial charge < -0.3 is 19.9 Å². The largest absolute Gasteiger partial charge is 0.497 e. The maximum atomic E-state index is 6.28. The SMILES string of the molecule is COCCO[C@@H]1CCc2ccc(OC)cc2[C@H]1N. The van der Waals surface area contributed by atoms with Crippen LogP contribution in [-0.2, 0) is 15.9 Å². The van der Waals surface area contributed by atoms with Crippen molar-refractivity contribution in [2.24, 2.45) is 5.73 Å². The number of methoxy groups -OCH3 is 2. The van der Waals surface area contributed by atoms with Gasteiger partial charge in [-0.05, 0) is 36.1 Å². The number of ether oxygens (including phenoxy) is 3. The Morgan fingerprint density at radius 2 is 2.11 bits per heavy atom. The van der Waals surface area contributed by atoms with Crippen molar-refractivity contribution in [2.75, 3.05) is 27.4 Å². The highest BCUT2D eigenvalue weighted by Gasteiger charge is 2.27. The molecule has 0 radical (unpaired) electrons. The Morgan fingerprint density at radius 3 is 2.83 bits per heavy atom. The zero-order valence-corrected chi connectivity index (χ0v) is 11.0. The van der Waals surface area contributed by atoms with Crippen molar-refractivity contribution >= 4 is 0 Å². The van der Waals surface area contributed by atoms with Crippen LogP contribution in [0.25, 0.3) is 0 Å². The van der Waals surface area contributed by atoms with Crippen molar-refractivity contribution in [3.05, 3.63) is 29.3 Å². The Kier molecular flexibility index (Phi) is 4.58. The number of rotatable bonds is 5. The summed E-state index contributed by atoms with van der Waals surface area (Å²) in [5.41, 5.74) is 8.72. The van der Waals surface area contributed by atoms with Gasteiger partial charge in [0.25, 0.3) is 0 Å². The molecule has 0 saturated carbocycles. The second kappa shape index (κ2) is 6.18. The summed E-state index contributed by atoms with van der Waals surface area (Å²) in [5, 5.41) is 0. The molecule has 0 bridgehead atoms. The first-order valence-electron chi connectivity index (χ1n) is 6.29. The van der Waals surface area contributed by atoms with E-state index in [2.05, 4.69) is 6.07 Å². The van der Waals surface area contributed by atoms with Gasteiger partial charge in [0.15, 0.2) is 0 Å². The lowest BCUT2D eigenvalue weighted by molar-refractivity contribution is -0.00301. The van der Waals surface area contributed by atoms with E-state index >= 15 is 0 Å². The van der Waals surface area contributed by atoms with E-state index in [0.717, 1.165) is 24.2 Å². The van der Waals surface area contributed by atoms with Gasteiger partial charge in [0, 0.05) is 7.11 Å². The molecule has 2 rings (SSSR count). The second-order valence-corrected chi connectivity index (χ2v) is 4.53. The van der Waals surface area contributed by atoms with Crippen molar-refractivity contribution in [1.82, 2.24) is 0 Å². The predicted octanol–water partition coefficient (Wildman–Crippen LogP) is 1.67. The Morgan fingerprint density at radius 1 is 1.28 bits per heavy atom. The van der Waals surface area contributed by atoms with Crippen molar-refractivity contribution < 1.29 is 14.2 Å². The number of hydrogen-bond donors (Lipinski definition) is 1. The Labute approximate surface area is 108 Å². The third-order valence-electron chi connectivity index (χ3n) is 3.43. The molecular formula is C14H21NO3. The average molecular weight is 251 g/mol. The van der Waals surface area contributed by atoms with E-state index in [1.54, 1.807) is 14.2 Å². The predicted molar refractivity (Wildman–Crippen MR) is 69.9 cm³/mol. The van der Waals surface area contributed by atoms with E-state index in [9.17, 15) is 0 Å². The molecule has 2 N–H and O–H groups in total. The maximum Gasteiger partial charge on any atom is 0.119 e. The fourth-order valence-corrected chi connectivity index (χ4v) is 2.39. The lowest BCUT2D eigenvalue weighted by Crippen LogP contribution is -2.34. The molecule has 0 aromatic heterocycles. The molecule has 1 aromatic rings. The van der Waals surface area contributed by atoms with E-state index in [1.165, 1.54) is 5.56 Å². The van der Waals surface area contributed by atoms with Crippen molar-refractivity contribution in [1.29, 1.82) is 0 Å². The summed E-state index contributed by atoms with van der Waals surface area (Å²) < 4.78 is 16.0. The van der Waals surface area contributed by atoms with Crippen molar-refractivity contribution in [2.45, 2.75) is 25.0 Å². The topological polar surface area (TPSA) is 53.7 Å². The lowest BCUT2D eigenvalue weighted by atomic mass is 9.86.